The van der Waals surface area contributed by atoms with Crippen molar-refractivity contribution in [1.29, 1.82) is 0 Å². The summed E-state index contributed by atoms with van der Waals surface area (Å²) in [5.41, 5.74) is 0. The van der Waals surface area contributed by atoms with E-state index in [0.29, 0.717) is 12.3 Å². The molecule has 0 bridgehead atoms. The number of nitro groups is 1. The number of nitrogens with one attached hydrogen (secondary N) is 1. The lowest BCUT2D eigenvalue weighted by Crippen LogP contribution is -2.31. The van der Waals surface area contributed by atoms with Gasteiger partial charge >= 0.3 is 5.88 Å². The molecule has 0 aliphatic rings. The molecular weight excluding hydrogens is 228 g/mol. The van der Waals surface area contributed by atoms with Crippen molar-refractivity contribution in [3.63, 3.8) is 0 Å². The van der Waals surface area contributed by atoms with Crippen LogP contribution in [0.5, 0.6) is 0 Å². The van der Waals surface area contributed by atoms with Crippen molar-refractivity contribution in [3.05, 3.63) is 28.0 Å². The Bertz CT molecular complexity index is 363. The Labute approximate surface area is 98.7 Å². The molecule has 0 amide bonds. The molecule has 1 heterocycles. The monoisotopic (exact) mass is 244 g/mol. The molecule has 0 saturated carbocycles. The molecule has 6 heteroatoms. The number of hydrogen-bond acceptors (Lipinski definition) is 5. The van der Waals surface area contributed by atoms with Crippen LogP contribution in [0, 0.1) is 10.1 Å². The lowest BCUT2D eigenvalue weighted by Gasteiger charge is -2.21. The van der Waals surface area contributed by atoms with Crippen LogP contribution in [-0.4, -0.2) is 22.5 Å². The average molecular weight is 244 g/mol. The van der Waals surface area contributed by atoms with E-state index in [2.05, 4.69) is 25.4 Å². The van der Waals surface area contributed by atoms with Gasteiger partial charge in [0.15, 0.2) is 0 Å². The first kappa shape index (κ1) is 13.1. The van der Waals surface area contributed by atoms with Gasteiger partial charge in [-0.05, 0) is 26.2 Å². The Kier molecular flexibility index (Phi) is 4.37. The molecule has 1 aromatic heterocycles. The molecule has 0 atom stereocenters. The number of hydrogen-bond donors (Lipinski definition) is 1. The minimum absolute atomic E-state index is 0.151. The molecule has 90 valence electrons. The van der Waals surface area contributed by atoms with Crippen molar-refractivity contribution in [3.8, 4) is 0 Å². The fraction of sp³-hybridized carbons (Fsp3) is 0.600. The van der Waals surface area contributed by atoms with E-state index in [-0.39, 0.29) is 10.6 Å². The van der Waals surface area contributed by atoms with Gasteiger partial charge in [0.1, 0.15) is 10.7 Å². The van der Waals surface area contributed by atoms with Crippen LogP contribution in [0.15, 0.2) is 16.5 Å². The summed E-state index contributed by atoms with van der Waals surface area (Å²) in [7, 11) is 0. The van der Waals surface area contributed by atoms with Gasteiger partial charge in [0.2, 0.25) is 0 Å². The highest BCUT2D eigenvalue weighted by molar-refractivity contribution is 7.99. The van der Waals surface area contributed by atoms with E-state index in [0.717, 1.165) is 6.54 Å². The lowest BCUT2D eigenvalue weighted by molar-refractivity contribution is -0.402. The summed E-state index contributed by atoms with van der Waals surface area (Å²) < 4.78 is 5.18. The first-order valence-corrected chi connectivity index (χ1v) is 6.16. The molecule has 0 aliphatic heterocycles. The second-order valence-corrected chi connectivity index (χ2v) is 5.58. The smallest absolute Gasteiger partial charge is 0.404 e. The van der Waals surface area contributed by atoms with E-state index in [4.69, 9.17) is 4.42 Å². The summed E-state index contributed by atoms with van der Waals surface area (Å²) in [5.74, 6) is 0.379. The molecule has 5 nitrogen and oxygen atoms in total. The molecule has 16 heavy (non-hydrogen) atoms. The molecule has 0 radical (unpaired) electrons. The van der Waals surface area contributed by atoms with Crippen molar-refractivity contribution in [2.45, 2.75) is 25.1 Å². The second kappa shape index (κ2) is 5.36. The third-order valence-corrected chi connectivity index (χ3v) is 3.48. The zero-order valence-corrected chi connectivity index (χ0v) is 10.5. The standard InChI is InChI=1S/C10H16N2O3S/c1-10(2,16-3)7-11-6-8-4-5-9(15-8)12(13)14/h4-5,11H,6-7H2,1-3H3. The average Bonchev–Trinajstić information content (AvgIpc) is 2.66. The van der Waals surface area contributed by atoms with Crippen LogP contribution in [0.25, 0.3) is 0 Å². The van der Waals surface area contributed by atoms with Crippen molar-refractivity contribution in [2.75, 3.05) is 12.8 Å². The highest BCUT2D eigenvalue weighted by atomic mass is 32.2. The van der Waals surface area contributed by atoms with Crippen LogP contribution in [-0.2, 0) is 6.54 Å². The van der Waals surface area contributed by atoms with Gasteiger partial charge in [0.05, 0.1) is 12.6 Å². The fourth-order valence-electron chi connectivity index (χ4n) is 1.12. The van der Waals surface area contributed by atoms with Crippen LogP contribution in [0.1, 0.15) is 19.6 Å². The number of rotatable bonds is 6. The summed E-state index contributed by atoms with van der Waals surface area (Å²) >= 11 is 1.77. The van der Waals surface area contributed by atoms with Crippen molar-refractivity contribution >= 4 is 17.6 Å². The maximum Gasteiger partial charge on any atom is 0.433 e. The Morgan fingerprint density at radius 1 is 1.56 bits per heavy atom. The van der Waals surface area contributed by atoms with Crippen molar-refractivity contribution in [1.82, 2.24) is 5.32 Å². The van der Waals surface area contributed by atoms with Crippen LogP contribution in [0.2, 0.25) is 0 Å². The van der Waals surface area contributed by atoms with Gasteiger partial charge < -0.3 is 9.73 Å². The number of furan rings is 1. The quantitative estimate of drug-likeness (QED) is 0.614. The Hall–Kier alpha value is -1.01. The molecule has 0 aromatic carbocycles. The summed E-state index contributed by atoms with van der Waals surface area (Å²) in [5, 5.41) is 13.6. The van der Waals surface area contributed by atoms with Gasteiger partial charge in [-0.2, -0.15) is 11.8 Å². The van der Waals surface area contributed by atoms with Crippen molar-refractivity contribution < 1.29 is 9.34 Å². The third kappa shape index (κ3) is 3.86. The predicted molar refractivity (Wildman–Crippen MR) is 64.7 cm³/mol. The van der Waals surface area contributed by atoms with Crippen LogP contribution in [0.4, 0.5) is 5.88 Å². The van der Waals surface area contributed by atoms with Gasteiger partial charge in [-0.3, -0.25) is 10.1 Å². The second-order valence-electron chi connectivity index (χ2n) is 4.06. The van der Waals surface area contributed by atoms with E-state index in [9.17, 15) is 10.1 Å². The molecular formula is C10H16N2O3S. The topological polar surface area (TPSA) is 68.3 Å². The summed E-state index contributed by atoms with van der Waals surface area (Å²) in [6.45, 7) is 5.60. The molecule has 0 fully saturated rings. The first-order valence-electron chi connectivity index (χ1n) is 4.93. The summed E-state index contributed by atoms with van der Waals surface area (Å²) in [6, 6.07) is 2.99. The lowest BCUT2D eigenvalue weighted by atomic mass is 10.2. The van der Waals surface area contributed by atoms with Crippen LogP contribution in [0.3, 0.4) is 0 Å². The van der Waals surface area contributed by atoms with E-state index in [1.807, 2.05) is 0 Å². The van der Waals surface area contributed by atoms with Crippen LogP contribution >= 0.6 is 11.8 Å². The Morgan fingerprint density at radius 2 is 2.25 bits per heavy atom. The van der Waals surface area contributed by atoms with E-state index >= 15 is 0 Å². The third-order valence-electron chi connectivity index (χ3n) is 2.23. The van der Waals surface area contributed by atoms with Gasteiger partial charge in [0, 0.05) is 11.3 Å². The Morgan fingerprint density at radius 3 is 2.75 bits per heavy atom. The van der Waals surface area contributed by atoms with Gasteiger partial charge in [-0.25, -0.2) is 0 Å². The molecule has 1 aromatic rings. The minimum Gasteiger partial charge on any atom is -0.404 e. The molecule has 1 rings (SSSR count). The first-order chi connectivity index (χ1) is 7.44. The molecule has 0 spiro atoms. The maximum atomic E-state index is 10.4. The zero-order chi connectivity index (χ0) is 12.2. The molecule has 0 saturated heterocycles. The van der Waals surface area contributed by atoms with E-state index in [1.54, 1.807) is 17.8 Å². The largest absolute Gasteiger partial charge is 0.433 e. The zero-order valence-electron chi connectivity index (χ0n) is 9.65. The molecule has 0 unspecified atom stereocenters. The van der Waals surface area contributed by atoms with Gasteiger partial charge in [-0.15, -0.1) is 0 Å². The van der Waals surface area contributed by atoms with E-state index < -0.39 is 4.92 Å². The molecule has 1 N–H and O–H groups in total. The maximum absolute atomic E-state index is 10.4. The van der Waals surface area contributed by atoms with E-state index in [1.165, 1.54) is 6.07 Å². The summed E-state index contributed by atoms with van der Waals surface area (Å²) in [6.07, 6.45) is 2.05. The SMILES string of the molecule is CSC(C)(C)CNCc1ccc([N+](=O)[O-])o1. The highest BCUT2D eigenvalue weighted by Crippen LogP contribution is 2.20. The van der Waals surface area contributed by atoms with Crippen LogP contribution < -0.4 is 5.32 Å². The molecule has 0 aliphatic carbocycles. The van der Waals surface area contributed by atoms with Gasteiger partial charge in [-0.1, -0.05) is 0 Å². The summed E-state index contributed by atoms with van der Waals surface area (Å²) in [4.78, 5) is 9.85. The number of nitrogens with zero attached hydrogens (tertiary/aromatic N) is 1. The predicted octanol–water partition coefficient (Wildman–Crippen LogP) is 2.42. The number of thioether (sulfide) groups is 1. The van der Waals surface area contributed by atoms with Crippen molar-refractivity contribution in [2.24, 2.45) is 0 Å². The fourth-order valence-corrected chi connectivity index (χ4v) is 1.37. The van der Waals surface area contributed by atoms with Gasteiger partial charge in [0.25, 0.3) is 0 Å². The normalized spacial score (nSPS) is 11.7. The minimum atomic E-state index is -0.532. The Balaban J connectivity index is 2.40. The highest BCUT2D eigenvalue weighted by Gasteiger charge is 2.16.